The number of carbonyl (C=O) groups is 1. The van der Waals surface area contributed by atoms with Crippen LogP contribution in [0.5, 0.6) is 0 Å². The standard InChI is InChI=1S/C21H29N5O4/c1-3-4-5-9-12-18(27)23-19-13-17(21-22-14-20(24(21)2)26(28)29)25(30-19)15-16-10-7-6-8-11-16/h6-8,10-11,14,17,19H,3-5,9,12-13,15H2,1-2H3,(H,23,27). The summed E-state index contributed by atoms with van der Waals surface area (Å²) in [6, 6.07) is 9.50. The second-order valence-corrected chi connectivity index (χ2v) is 7.58. The third-order valence-corrected chi connectivity index (χ3v) is 5.29. The van der Waals surface area contributed by atoms with E-state index in [0.717, 1.165) is 31.2 Å². The van der Waals surface area contributed by atoms with E-state index in [1.54, 1.807) is 12.1 Å². The first kappa shape index (κ1) is 21.9. The average Bonchev–Trinajstić information content (AvgIpc) is 3.29. The van der Waals surface area contributed by atoms with E-state index in [1.807, 2.05) is 30.3 Å². The number of hydrogen-bond acceptors (Lipinski definition) is 6. The lowest BCUT2D eigenvalue weighted by Crippen LogP contribution is -2.35. The Morgan fingerprint density at radius 3 is 2.73 bits per heavy atom. The van der Waals surface area contributed by atoms with Gasteiger partial charge in [-0.15, -0.1) is 0 Å². The van der Waals surface area contributed by atoms with E-state index in [9.17, 15) is 14.9 Å². The molecule has 2 unspecified atom stereocenters. The highest BCUT2D eigenvalue weighted by Gasteiger charge is 2.40. The van der Waals surface area contributed by atoms with Gasteiger partial charge in [-0.2, -0.15) is 5.06 Å². The highest BCUT2D eigenvalue weighted by atomic mass is 16.7. The average molecular weight is 415 g/mol. The maximum Gasteiger partial charge on any atom is 0.342 e. The van der Waals surface area contributed by atoms with Crippen LogP contribution in [0.4, 0.5) is 5.82 Å². The molecule has 1 aromatic heterocycles. The molecule has 1 amide bonds. The van der Waals surface area contributed by atoms with Crippen LogP contribution in [-0.2, 0) is 23.2 Å². The SMILES string of the molecule is CCCCCCC(=O)NC1CC(c2ncc([N+](=O)[O-])n2C)N(Cc2ccccc2)O1. The third kappa shape index (κ3) is 5.43. The minimum Gasteiger partial charge on any atom is -0.358 e. The van der Waals surface area contributed by atoms with Gasteiger partial charge in [-0.25, -0.2) is 9.55 Å². The van der Waals surface area contributed by atoms with Gasteiger partial charge in [0.25, 0.3) is 0 Å². The van der Waals surface area contributed by atoms with Gasteiger partial charge in [0.15, 0.2) is 6.23 Å². The number of carbonyl (C=O) groups excluding carboxylic acids is 1. The van der Waals surface area contributed by atoms with Crippen molar-refractivity contribution in [3.8, 4) is 0 Å². The molecule has 9 heteroatoms. The van der Waals surface area contributed by atoms with Crippen LogP contribution in [0.1, 0.15) is 62.9 Å². The number of aromatic nitrogens is 2. The molecule has 1 aromatic carbocycles. The number of hydroxylamine groups is 2. The first-order chi connectivity index (χ1) is 14.5. The molecular weight excluding hydrogens is 386 g/mol. The van der Waals surface area contributed by atoms with Crippen LogP contribution in [0.25, 0.3) is 0 Å². The van der Waals surface area contributed by atoms with Gasteiger partial charge in [-0.3, -0.25) is 9.63 Å². The predicted molar refractivity (Wildman–Crippen MR) is 111 cm³/mol. The number of unbranched alkanes of at least 4 members (excludes halogenated alkanes) is 3. The summed E-state index contributed by atoms with van der Waals surface area (Å²) >= 11 is 0. The largest absolute Gasteiger partial charge is 0.358 e. The van der Waals surface area contributed by atoms with Gasteiger partial charge in [0.05, 0.1) is 13.6 Å². The minimum absolute atomic E-state index is 0.0396. The third-order valence-electron chi connectivity index (χ3n) is 5.29. The van der Waals surface area contributed by atoms with Gasteiger partial charge < -0.3 is 15.4 Å². The molecule has 2 atom stereocenters. The lowest BCUT2D eigenvalue weighted by molar-refractivity contribution is -0.391. The van der Waals surface area contributed by atoms with Gasteiger partial charge in [0, 0.05) is 12.8 Å². The predicted octanol–water partition coefficient (Wildman–Crippen LogP) is 3.62. The van der Waals surface area contributed by atoms with Crippen molar-refractivity contribution in [2.45, 2.75) is 64.3 Å². The summed E-state index contributed by atoms with van der Waals surface area (Å²) in [5, 5.41) is 15.9. The summed E-state index contributed by atoms with van der Waals surface area (Å²) in [4.78, 5) is 33.4. The van der Waals surface area contributed by atoms with Crippen molar-refractivity contribution in [1.82, 2.24) is 19.9 Å². The summed E-state index contributed by atoms with van der Waals surface area (Å²) in [7, 11) is 1.63. The van der Waals surface area contributed by atoms with E-state index < -0.39 is 11.2 Å². The quantitative estimate of drug-likeness (QED) is 0.361. The number of nitrogens with zero attached hydrogens (tertiary/aromatic N) is 4. The van der Waals surface area contributed by atoms with Crippen molar-refractivity contribution >= 4 is 11.7 Å². The van der Waals surface area contributed by atoms with Crippen LogP contribution >= 0.6 is 0 Å². The fourth-order valence-electron chi connectivity index (χ4n) is 3.69. The molecule has 30 heavy (non-hydrogen) atoms. The molecule has 0 aliphatic carbocycles. The van der Waals surface area contributed by atoms with Crippen molar-refractivity contribution < 1.29 is 14.6 Å². The molecular formula is C21H29N5O4. The highest BCUT2D eigenvalue weighted by molar-refractivity contribution is 5.76. The van der Waals surface area contributed by atoms with Crippen molar-refractivity contribution in [3.63, 3.8) is 0 Å². The molecule has 1 saturated heterocycles. The zero-order chi connectivity index (χ0) is 21.5. The number of amides is 1. The van der Waals surface area contributed by atoms with Crippen molar-refractivity contribution in [3.05, 3.63) is 58.0 Å². The lowest BCUT2D eigenvalue weighted by Gasteiger charge is -2.21. The first-order valence-corrected chi connectivity index (χ1v) is 10.4. The van der Waals surface area contributed by atoms with Crippen LogP contribution in [-0.4, -0.2) is 31.7 Å². The molecule has 0 radical (unpaired) electrons. The summed E-state index contributed by atoms with van der Waals surface area (Å²) in [5.41, 5.74) is 1.04. The Morgan fingerprint density at radius 1 is 1.30 bits per heavy atom. The zero-order valence-electron chi connectivity index (χ0n) is 17.5. The van der Waals surface area contributed by atoms with Crippen LogP contribution < -0.4 is 5.32 Å². The Hall–Kier alpha value is -2.78. The number of rotatable bonds is 10. The summed E-state index contributed by atoms with van der Waals surface area (Å²) in [5.74, 6) is 0.424. The molecule has 2 aromatic rings. The van der Waals surface area contributed by atoms with Gasteiger partial charge >= 0.3 is 5.82 Å². The fraction of sp³-hybridized carbons (Fsp3) is 0.524. The molecule has 162 valence electrons. The molecule has 1 N–H and O–H groups in total. The fourth-order valence-corrected chi connectivity index (χ4v) is 3.69. The summed E-state index contributed by atoms with van der Waals surface area (Å²) in [6.45, 7) is 2.62. The molecule has 0 saturated carbocycles. The molecule has 1 fully saturated rings. The zero-order valence-corrected chi connectivity index (χ0v) is 17.5. The summed E-state index contributed by atoms with van der Waals surface area (Å²) in [6.07, 6.45) is 5.84. The Kier molecular flexibility index (Phi) is 7.53. The van der Waals surface area contributed by atoms with Crippen molar-refractivity contribution in [1.29, 1.82) is 0 Å². The van der Waals surface area contributed by atoms with Crippen LogP contribution in [0.15, 0.2) is 36.5 Å². The van der Waals surface area contributed by atoms with E-state index in [0.29, 0.717) is 25.2 Å². The van der Waals surface area contributed by atoms with E-state index in [-0.39, 0.29) is 17.8 Å². The van der Waals surface area contributed by atoms with Crippen LogP contribution in [0.3, 0.4) is 0 Å². The Bertz CT molecular complexity index is 854. The second-order valence-electron chi connectivity index (χ2n) is 7.58. The van der Waals surface area contributed by atoms with E-state index in [2.05, 4.69) is 17.2 Å². The topological polar surface area (TPSA) is 103 Å². The highest BCUT2D eigenvalue weighted by Crippen LogP contribution is 2.35. The van der Waals surface area contributed by atoms with Crippen molar-refractivity contribution in [2.24, 2.45) is 7.05 Å². The molecule has 0 spiro atoms. The second kappa shape index (κ2) is 10.3. The molecule has 2 heterocycles. The van der Waals surface area contributed by atoms with Gasteiger partial charge in [0.1, 0.15) is 12.2 Å². The number of hydrogen-bond donors (Lipinski definition) is 1. The summed E-state index contributed by atoms with van der Waals surface area (Å²) < 4.78 is 1.47. The molecule has 9 nitrogen and oxygen atoms in total. The van der Waals surface area contributed by atoms with Gasteiger partial charge in [0.2, 0.25) is 11.7 Å². The van der Waals surface area contributed by atoms with E-state index >= 15 is 0 Å². The number of imidazole rings is 1. The van der Waals surface area contributed by atoms with E-state index in [4.69, 9.17) is 4.84 Å². The number of benzene rings is 1. The Balaban J connectivity index is 1.71. The lowest BCUT2D eigenvalue weighted by atomic mass is 10.1. The number of nitrogens with one attached hydrogen (secondary N) is 1. The van der Waals surface area contributed by atoms with Crippen LogP contribution in [0.2, 0.25) is 0 Å². The van der Waals surface area contributed by atoms with Gasteiger partial charge in [-0.05, 0) is 16.9 Å². The van der Waals surface area contributed by atoms with Crippen molar-refractivity contribution in [2.75, 3.05) is 0 Å². The van der Waals surface area contributed by atoms with Gasteiger partial charge in [-0.1, -0.05) is 56.5 Å². The normalized spacial score (nSPS) is 19.1. The minimum atomic E-state index is -0.492. The molecule has 3 rings (SSSR count). The maximum absolute atomic E-state index is 12.3. The Labute approximate surface area is 176 Å². The maximum atomic E-state index is 12.3. The Morgan fingerprint density at radius 2 is 2.07 bits per heavy atom. The molecule has 0 bridgehead atoms. The first-order valence-electron chi connectivity index (χ1n) is 10.4. The molecule has 1 aliphatic rings. The molecule has 1 aliphatic heterocycles. The monoisotopic (exact) mass is 415 g/mol. The smallest absolute Gasteiger partial charge is 0.342 e. The van der Waals surface area contributed by atoms with Crippen LogP contribution in [0, 0.1) is 10.1 Å². The number of nitro groups is 1. The van der Waals surface area contributed by atoms with E-state index in [1.165, 1.54) is 10.8 Å².